The number of esters is 1. The third-order valence-corrected chi connectivity index (χ3v) is 3.12. The number of hydrogen-bond donors (Lipinski definition) is 0. The summed E-state index contributed by atoms with van der Waals surface area (Å²) < 4.78 is 10.3. The van der Waals surface area contributed by atoms with Crippen molar-refractivity contribution in [1.29, 1.82) is 0 Å². The van der Waals surface area contributed by atoms with Gasteiger partial charge in [0.25, 0.3) is 5.97 Å². The molecule has 0 heterocycles. The summed E-state index contributed by atoms with van der Waals surface area (Å²) in [6.45, 7) is 9.46. The fourth-order valence-electron chi connectivity index (χ4n) is 1.45. The fraction of sp³-hybridized carbons (Fsp3) is 0.333. The van der Waals surface area contributed by atoms with Gasteiger partial charge >= 0.3 is 5.97 Å². The molecule has 1 aromatic carbocycles. The Morgan fingerprint density at radius 2 is 1.75 bits per heavy atom. The van der Waals surface area contributed by atoms with Gasteiger partial charge in [0.15, 0.2) is 0 Å². The minimum absolute atomic E-state index is 0.115. The van der Waals surface area contributed by atoms with Crippen LogP contribution in [0.3, 0.4) is 0 Å². The monoisotopic (exact) mass is 292 g/mol. The van der Waals surface area contributed by atoms with E-state index in [0.29, 0.717) is 0 Å². The molecule has 5 heteroatoms. The summed E-state index contributed by atoms with van der Waals surface area (Å²) in [6, 6.07) is 9.33. The number of benzene rings is 1. The van der Waals surface area contributed by atoms with E-state index in [2.05, 4.69) is 6.58 Å². The number of rotatable bonds is 6. The Balaban J connectivity index is 2.40. The molecule has 0 aromatic heterocycles. The van der Waals surface area contributed by atoms with Gasteiger partial charge in [-0.1, -0.05) is 36.9 Å². The predicted octanol–water partition coefficient (Wildman–Crippen LogP) is 3.05. The summed E-state index contributed by atoms with van der Waals surface area (Å²) in [5.74, 6) is -0.993. The van der Waals surface area contributed by atoms with E-state index in [0.717, 1.165) is 5.56 Å². The molecule has 0 amide bonds. The third kappa shape index (κ3) is 6.33. The highest BCUT2D eigenvalue weighted by Crippen LogP contribution is 2.10. The average molecular weight is 292 g/mol. The Kier molecular flexibility index (Phi) is 5.70. The molecule has 1 aromatic rings. The first-order valence-corrected chi connectivity index (χ1v) is 9.79. The van der Waals surface area contributed by atoms with E-state index >= 15 is 0 Å². The second-order valence-electron chi connectivity index (χ2n) is 5.43. The molecule has 108 valence electrons. The first kappa shape index (κ1) is 16.2. The maximum absolute atomic E-state index is 11.7. The fourth-order valence-corrected chi connectivity index (χ4v) is 2.20. The third-order valence-electron chi connectivity index (χ3n) is 2.28. The van der Waals surface area contributed by atoms with Crippen LogP contribution in [0.2, 0.25) is 19.6 Å². The van der Waals surface area contributed by atoms with Gasteiger partial charge in [0, 0.05) is 5.57 Å². The van der Waals surface area contributed by atoms with E-state index < -0.39 is 20.3 Å². The van der Waals surface area contributed by atoms with Gasteiger partial charge in [-0.2, -0.15) is 0 Å². The molecule has 0 atom stereocenters. The highest BCUT2D eigenvalue weighted by atomic mass is 28.4. The zero-order valence-corrected chi connectivity index (χ0v) is 13.1. The van der Waals surface area contributed by atoms with E-state index in [1.54, 1.807) is 0 Å². The van der Waals surface area contributed by atoms with Crippen LogP contribution in [0.25, 0.3) is 0 Å². The van der Waals surface area contributed by atoms with Crippen molar-refractivity contribution in [1.82, 2.24) is 0 Å². The largest absolute Gasteiger partial charge is 0.520 e. The molecule has 20 heavy (non-hydrogen) atoms. The van der Waals surface area contributed by atoms with Crippen LogP contribution in [0.5, 0.6) is 0 Å². The molecule has 0 aliphatic heterocycles. The molecule has 0 bridgehead atoms. The second kappa shape index (κ2) is 7.05. The molecule has 0 aliphatic rings. The first-order chi connectivity index (χ1) is 9.28. The maximum atomic E-state index is 11.7. The molecular formula is C15H20O4Si. The van der Waals surface area contributed by atoms with Gasteiger partial charge in [0.2, 0.25) is 8.32 Å². The van der Waals surface area contributed by atoms with Gasteiger partial charge in [0.05, 0.1) is 6.42 Å². The van der Waals surface area contributed by atoms with Crippen molar-refractivity contribution in [2.45, 2.75) is 32.7 Å². The van der Waals surface area contributed by atoms with E-state index in [-0.39, 0.29) is 18.6 Å². The normalized spacial score (nSPS) is 10.8. The predicted molar refractivity (Wildman–Crippen MR) is 79.4 cm³/mol. The Morgan fingerprint density at radius 3 is 2.30 bits per heavy atom. The quantitative estimate of drug-likeness (QED) is 0.459. The van der Waals surface area contributed by atoms with Crippen LogP contribution in [0.1, 0.15) is 12.0 Å². The van der Waals surface area contributed by atoms with Crippen molar-refractivity contribution in [2.75, 3.05) is 0 Å². The van der Waals surface area contributed by atoms with Gasteiger partial charge in [-0.15, -0.1) is 0 Å². The molecule has 0 aliphatic carbocycles. The lowest BCUT2D eigenvalue weighted by molar-refractivity contribution is -0.143. The number of carbonyl (C=O) groups is 2. The van der Waals surface area contributed by atoms with Crippen LogP contribution in [-0.4, -0.2) is 20.3 Å². The molecule has 0 saturated carbocycles. The number of ether oxygens (including phenoxy) is 1. The lowest BCUT2D eigenvalue weighted by Crippen LogP contribution is -2.29. The lowest BCUT2D eigenvalue weighted by Gasteiger charge is -2.17. The van der Waals surface area contributed by atoms with E-state index in [9.17, 15) is 9.59 Å². The number of carbonyl (C=O) groups excluding carboxylic acids is 2. The maximum Gasteiger partial charge on any atom is 0.334 e. The van der Waals surface area contributed by atoms with E-state index in [1.807, 2.05) is 50.0 Å². The van der Waals surface area contributed by atoms with Crippen LogP contribution in [0.15, 0.2) is 42.5 Å². The SMILES string of the molecule is C=C(CC(=O)O[Si](C)(C)C)C(=O)OCc1ccccc1. The summed E-state index contributed by atoms with van der Waals surface area (Å²) in [7, 11) is -1.94. The van der Waals surface area contributed by atoms with Crippen LogP contribution >= 0.6 is 0 Å². The number of hydrogen-bond acceptors (Lipinski definition) is 4. The topological polar surface area (TPSA) is 52.6 Å². The van der Waals surface area contributed by atoms with Crippen LogP contribution in [0.4, 0.5) is 0 Å². The zero-order valence-electron chi connectivity index (χ0n) is 12.1. The summed E-state index contributed by atoms with van der Waals surface area (Å²) in [4.78, 5) is 23.3. The van der Waals surface area contributed by atoms with Crippen molar-refractivity contribution in [3.05, 3.63) is 48.0 Å². The first-order valence-electron chi connectivity index (χ1n) is 6.38. The summed E-state index contributed by atoms with van der Waals surface area (Å²) in [5.41, 5.74) is 1.00. The second-order valence-corrected chi connectivity index (χ2v) is 9.86. The van der Waals surface area contributed by atoms with Gasteiger partial charge in [0.1, 0.15) is 6.61 Å². The van der Waals surface area contributed by atoms with Gasteiger partial charge in [-0.25, -0.2) is 4.79 Å². The zero-order chi connectivity index (χ0) is 15.2. The molecule has 0 spiro atoms. The van der Waals surface area contributed by atoms with Crippen molar-refractivity contribution >= 4 is 20.3 Å². The van der Waals surface area contributed by atoms with Crippen LogP contribution in [-0.2, 0) is 25.4 Å². The molecule has 0 unspecified atom stereocenters. The molecule has 0 fully saturated rings. The van der Waals surface area contributed by atoms with E-state index in [1.165, 1.54) is 0 Å². The van der Waals surface area contributed by atoms with Crippen LogP contribution in [0, 0.1) is 0 Å². The molecule has 4 nitrogen and oxygen atoms in total. The Hall–Kier alpha value is -1.88. The van der Waals surface area contributed by atoms with Crippen LogP contribution < -0.4 is 0 Å². The van der Waals surface area contributed by atoms with E-state index in [4.69, 9.17) is 9.16 Å². The summed E-state index contributed by atoms with van der Waals surface area (Å²) in [5, 5.41) is 0. The van der Waals surface area contributed by atoms with Crippen molar-refractivity contribution in [3.8, 4) is 0 Å². The highest BCUT2D eigenvalue weighted by Gasteiger charge is 2.22. The highest BCUT2D eigenvalue weighted by molar-refractivity contribution is 6.71. The smallest absolute Gasteiger partial charge is 0.334 e. The Bertz CT molecular complexity index is 488. The minimum atomic E-state index is -1.94. The van der Waals surface area contributed by atoms with Gasteiger partial charge in [-0.3, -0.25) is 4.79 Å². The van der Waals surface area contributed by atoms with Crippen molar-refractivity contribution in [3.63, 3.8) is 0 Å². The molecular weight excluding hydrogens is 272 g/mol. The van der Waals surface area contributed by atoms with Crippen molar-refractivity contribution < 1.29 is 18.8 Å². The van der Waals surface area contributed by atoms with Gasteiger partial charge in [-0.05, 0) is 25.2 Å². The Morgan fingerprint density at radius 1 is 1.15 bits per heavy atom. The molecule has 0 saturated heterocycles. The molecule has 0 radical (unpaired) electrons. The van der Waals surface area contributed by atoms with Crippen molar-refractivity contribution in [2.24, 2.45) is 0 Å². The summed E-state index contributed by atoms with van der Waals surface area (Å²) >= 11 is 0. The Labute approximate surface area is 120 Å². The standard InChI is InChI=1S/C15H20O4Si/c1-12(10-14(16)19-20(2,3)4)15(17)18-11-13-8-6-5-7-9-13/h5-9H,1,10-11H2,2-4H3. The molecule has 0 N–H and O–H groups in total. The lowest BCUT2D eigenvalue weighted by atomic mass is 10.2. The average Bonchev–Trinajstić information content (AvgIpc) is 2.34. The summed E-state index contributed by atoms with van der Waals surface area (Å²) in [6.07, 6.45) is -0.127. The minimum Gasteiger partial charge on any atom is -0.520 e. The molecule has 1 rings (SSSR count). The van der Waals surface area contributed by atoms with Gasteiger partial charge < -0.3 is 9.16 Å².